The van der Waals surface area contributed by atoms with E-state index in [-0.39, 0.29) is 59.8 Å². The summed E-state index contributed by atoms with van der Waals surface area (Å²) in [4.78, 5) is 53.5. The van der Waals surface area contributed by atoms with Gasteiger partial charge in [0.15, 0.2) is 5.78 Å². The van der Waals surface area contributed by atoms with Crippen molar-refractivity contribution in [2.45, 2.75) is 115 Å². The first kappa shape index (κ1) is 44.3. The number of thioether (sulfide) groups is 2. The van der Waals surface area contributed by atoms with Gasteiger partial charge < -0.3 is 29.9 Å². The van der Waals surface area contributed by atoms with Crippen LogP contribution in [0.15, 0.2) is 24.3 Å². The lowest BCUT2D eigenvalue weighted by atomic mass is 9.99. The van der Waals surface area contributed by atoms with Crippen molar-refractivity contribution >= 4 is 56.3 Å². The molecule has 0 aliphatic rings. The van der Waals surface area contributed by atoms with Crippen LogP contribution in [0.25, 0.3) is 0 Å². The highest BCUT2D eigenvalue weighted by Gasteiger charge is 2.34. The molecule has 0 aromatic heterocycles. The molecule has 13 heteroatoms. The van der Waals surface area contributed by atoms with E-state index in [1.165, 1.54) is 28.8 Å². The molecule has 4 atom stereocenters. The van der Waals surface area contributed by atoms with Crippen molar-refractivity contribution in [2.75, 3.05) is 38.4 Å². The van der Waals surface area contributed by atoms with Gasteiger partial charge in [0.1, 0.15) is 6.04 Å². The fourth-order valence-corrected chi connectivity index (χ4v) is 6.53. The smallest absolute Gasteiger partial charge is 0.303 e. The molecule has 48 heavy (non-hydrogen) atoms. The number of nitrogens with zero attached hydrogens (tertiary/aromatic N) is 1. The van der Waals surface area contributed by atoms with Crippen LogP contribution in [0.5, 0.6) is 0 Å². The summed E-state index contributed by atoms with van der Waals surface area (Å²) < 4.78 is 11.0. The first-order valence-corrected chi connectivity index (χ1v) is 18.8. The van der Waals surface area contributed by atoms with Crippen LogP contribution in [0.2, 0.25) is 0 Å². The number of rotatable bonds is 21. The molecule has 0 saturated heterocycles. The van der Waals surface area contributed by atoms with Gasteiger partial charge in [0.2, 0.25) is 5.91 Å². The van der Waals surface area contributed by atoms with Crippen molar-refractivity contribution in [1.29, 1.82) is 0 Å². The Morgan fingerprint density at radius 2 is 1.46 bits per heavy atom. The minimum atomic E-state index is -1.08. The van der Waals surface area contributed by atoms with Gasteiger partial charge in [0.05, 0.1) is 41.6 Å². The number of carboxylic acid groups (broad SMARTS) is 1. The number of likely N-dealkylation sites (N-methyl/N-ethyl adjacent to an activating group) is 1. The Kier molecular flexibility index (Phi) is 17.6. The number of carbonyl (C=O) groups excluding carboxylic acids is 3. The number of nitrogens with one attached hydrogen (secondary N) is 1. The van der Waals surface area contributed by atoms with Crippen molar-refractivity contribution in [3.8, 4) is 0 Å². The summed E-state index contributed by atoms with van der Waals surface area (Å²) in [5, 5.41) is 21.8. The molecule has 0 radical (unpaired) electrons. The predicted molar refractivity (Wildman–Crippen MR) is 200 cm³/mol. The van der Waals surface area contributed by atoms with Gasteiger partial charge in [-0.25, -0.2) is 0 Å². The number of Topliss-reactive ketones (excluding diaryl/α,β-unsaturated/α-hetero) is 1. The minimum Gasteiger partial charge on any atom is -0.481 e. The Morgan fingerprint density at radius 1 is 0.917 bits per heavy atom. The maximum absolute atomic E-state index is 13.8. The zero-order valence-corrected chi connectivity index (χ0v) is 33.5. The lowest BCUT2D eigenvalue weighted by Crippen LogP contribution is -2.55. The van der Waals surface area contributed by atoms with Crippen LogP contribution >= 0.6 is 32.8 Å². The highest BCUT2D eigenvalue weighted by Crippen LogP contribution is 2.36. The fraction of sp³-hybridized carbons (Fsp3) is 0.714. The number of ether oxygens (including phenoxy) is 2. The summed E-state index contributed by atoms with van der Waals surface area (Å²) >= 11 is 3.17. The zero-order valence-electron chi connectivity index (χ0n) is 30.7. The van der Waals surface area contributed by atoms with Crippen LogP contribution < -0.4 is 5.32 Å². The number of aliphatic carboxylic acids is 1. The standard InChI is InChI=1S/C35H59N2O8PS2/c1-23(2)44-21-33(6,7)37(11)31(43)27(16-17-28(39)40)36-30(42)25-14-12-24(13-15-25)29(41)26(19-48-35(10,46)20-38)18-47-34(8,9)22-45-32(3,4)5/h12-15,23,26-27,38H,16-22,46H2,1-11H3,(H,36,42)(H,39,40)/t26?,27-,35?/m0/s1. The number of aliphatic hydroxyl groups is 1. The van der Waals surface area contributed by atoms with E-state index in [1.54, 1.807) is 30.9 Å². The number of amides is 2. The maximum atomic E-state index is 13.8. The van der Waals surface area contributed by atoms with Gasteiger partial charge in [-0.15, -0.1) is 21.0 Å². The highest BCUT2D eigenvalue weighted by atomic mass is 32.2. The van der Waals surface area contributed by atoms with E-state index in [1.807, 2.05) is 55.4 Å². The Hall–Kier alpha value is -1.69. The van der Waals surface area contributed by atoms with Gasteiger partial charge in [-0.2, -0.15) is 11.8 Å². The van der Waals surface area contributed by atoms with E-state index in [4.69, 9.17) is 9.47 Å². The molecular formula is C35H59N2O8PS2. The average molecular weight is 731 g/mol. The molecule has 1 aromatic carbocycles. The van der Waals surface area contributed by atoms with E-state index in [2.05, 4.69) is 28.4 Å². The lowest BCUT2D eigenvalue weighted by molar-refractivity contribution is -0.141. The number of ketones is 1. The van der Waals surface area contributed by atoms with Crippen molar-refractivity contribution < 1.29 is 38.9 Å². The van der Waals surface area contributed by atoms with Crippen LogP contribution in [-0.2, 0) is 19.1 Å². The largest absolute Gasteiger partial charge is 0.481 e. The minimum absolute atomic E-state index is 0.0378. The highest BCUT2D eigenvalue weighted by molar-refractivity contribution is 8.04. The van der Waals surface area contributed by atoms with Gasteiger partial charge >= 0.3 is 5.97 Å². The van der Waals surface area contributed by atoms with Crippen LogP contribution in [0.1, 0.15) is 103 Å². The molecule has 1 rings (SSSR count). The number of carbonyl (C=O) groups is 4. The van der Waals surface area contributed by atoms with Crippen molar-refractivity contribution in [3.05, 3.63) is 35.4 Å². The van der Waals surface area contributed by atoms with Gasteiger partial charge in [-0.05, 0) is 87.8 Å². The number of carboxylic acids is 1. The van der Waals surface area contributed by atoms with E-state index in [0.717, 1.165) is 0 Å². The van der Waals surface area contributed by atoms with E-state index < -0.39 is 33.9 Å². The Bertz CT molecular complexity index is 1220. The van der Waals surface area contributed by atoms with Gasteiger partial charge in [0, 0.05) is 46.8 Å². The fourth-order valence-electron chi connectivity index (χ4n) is 4.08. The monoisotopic (exact) mass is 730 g/mol. The number of hydrogen-bond acceptors (Lipinski definition) is 9. The second-order valence-electron chi connectivity index (χ2n) is 14.9. The van der Waals surface area contributed by atoms with Crippen LogP contribution in [0.3, 0.4) is 0 Å². The summed E-state index contributed by atoms with van der Waals surface area (Å²) in [6.45, 7) is 20.3. The topological polar surface area (TPSA) is 142 Å². The molecule has 0 heterocycles. The number of benzene rings is 1. The van der Waals surface area contributed by atoms with Crippen molar-refractivity contribution in [1.82, 2.24) is 10.2 Å². The van der Waals surface area contributed by atoms with E-state index in [9.17, 15) is 29.4 Å². The van der Waals surface area contributed by atoms with Crippen LogP contribution in [-0.4, -0.2) is 110 Å². The predicted octanol–water partition coefficient (Wildman–Crippen LogP) is 5.75. The molecule has 0 aliphatic carbocycles. The summed E-state index contributed by atoms with van der Waals surface area (Å²) in [6, 6.07) is 5.21. The summed E-state index contributed by atoms with van der Waals surface area (Å²) in [5.74, 6) is -1.46. The third-order valence-electron chi connectivity index (χ3n) is 7.52. The summed E-state index contributed by atoms with van der Waals surface area (Å²) in [7, 11) is 4.25. The Labute approximate surface area is 298 Å². The second-order valence-corrected chi connectivity index (χ2v) is 19.9. The molecule has 3 unspecified atom stereocenters. The first-order valence-electron chi connectivity index (χ1n) is 16.3. The molecular weight excluding hydrogens is 671 g/mol. The molecule has 0 fully saturated rings. The molecule has 3 N–H and O–H groups in total. The normalized spacial score (nSPS) is 15.0. The maximum Gasteiger partial charge on any atom is 0.303 e. The Balaban J connectivity index is 3.16. The quantitative estimate of drug-likeness (QED) is 0.106. The third-order valence-corrected chi connectivity index (χ3v) is 11.0. The molecule has 1 aromatic rings. The molecule has 274 valence electrons. The average Bonchev–Trinajstić information content (AvgIpc) is 2.99. The number of hydrogen-bond donors (Lipinski definition) is 3. The van der Waals surface area contributed by atoms with Gasteiger partial charge in [-0.1, -0.05) is 12.1 Å². The SMILES string of the molecule is CC(C)OCC(C)(C)N(C)C(=O)[C@H](CCC(=O)O)NC(=O)c1ccc(C(=O)C(CSC(C)(C)COC(C)(C)C)CSC(C)(P)CO)cc1. The number of aliphatic hydroxyl groups excluding tert-OH is 1. The van der Waals surface area contributed by atoms with E-state index >= 15 is 0 Å². The summed E-state index contributed by atoms with van der Waals surface area (Å²) in [5.41, 5.74) is -0.301. The Morgan fingerprint density at radius 3 is 1.96 bits per heavy atom. The van der Waals surface area contributed by atoms with Crippen LogP contribution in [0, 0.1) is 5.92 Å². The van der Waals surface area contributed by atoms with E-state index in [0.29, 0.717) is 23.7 Å². The van der Waals surface area contributed by atoms with Crippen molar-refractivity contribution in [2.24, 2.45) is 5.92 Å². The third kappa shape index (κ3) is 16.3. The lowest BCUT2D eigenvalue weighted by Gasteiger charge is -2.38. The molecule has 2 amide bonds. The molecule has 10 nitrogen and oxygen atoms in total. The molecule has 0 bridgehead atoms. The zero-order chi connectivity index (χ0) is 37.1. The van der Waals surface area contributed by atoms with Gasteiger partial charge in [0.25, 0.3) is 5.91 Å². The van der Waals surface area contributed by atoms with Crippen molar-refractivity contribution in [3.63, 3.8) is 0 Å². The van der Waals surface area contributed by atoms with Gasteiger partial charge in [-0.3, -0.25) is 19.2 Å². The molecule has 0 saturated carbocycles. The second kappa shape index (κ2) is 19.1. The molecule has 0 spiro atoms. The summed E-state index contributed by atoms with van der Waals surface area (Å²) in [6.07, 6.45) is -0.425. The first-order chi connectivity index (χ1) is 21.9. The van der Waals surface area contributed by atoms with Crippen LogP contribution in [0.4, 0.5) is 0 Å². The molecule has 0 aliphatic heterocycles.